The van der Waals surface area contributed by atoms with Crippen molar-refractivity contribution >= 4 is 18.0 Å². The number of carboxylic acids is 1. The maximum Gasteiger partial charge on any atom is 0.320 e. The second-order valence-electron chi connectivity index (χ2n) is 2.80. The van der Waals surface area contributed by atoms with Gasteiger partial charge < -0.3 is 15.9 Å². The van der Waals surface area contributed by atoms with E-state index < -0.39 is 30.1 Å². The van der Waals surface area contributed by atoms with E-state index >= 15 is 0 Å². The molecule has 0 saturated heterocycles. The summed E-state index contributed by atoms with van der Waals surface area (Å²) in [4.78, 5) is 31.7. The molecule has 1 unspecified atom stereocenters. The van der Waals surface area contributed by atoms with E-state index in [0.717, 1.165) is 0 Å². The van der Waals surface area contributed by atoms with Crippen molar-refractivity contribution in [2.24, 2.45) is 11.7 Å². The average Bonchev–Trinajstić information content (AvgIpc) is 2.13. The lowest BCUT2D eigenvalue weighted by atomic mass is 9.97. The molecule has 4 N–H and O–H groups in total. The molecule has 0 heterocycles. The van der Waals surface area contributed by atoms with Crippen LogP contribution in [0.4, 0.5) is 0 Å². The van der Waals surface area contributed by atoms with Gasteiger partial charge in [0.25, 0.3) is 0 Å². The Kier molecular flexibility index (Phi) is 5.66. The number of aliphatic hydroxyl groups is 1. The van der Waals surface area contributed by atoms with Crippen LogP contribution in [0.3, 0.4) is 0 Å². The third kappa shape index (κ3) is 4.11. The summed E-state index contributed by atoms with van der Waals surface area (Å²) in [6.45, 7) is -0.325. The number of carboxylic acid groups (broad SMARTS) is 1. The van der Waals surface area contributed by atoms with Gasteiger partial charge in [-0.05, 0) is 6.42 Å². The molecule has 79 valence electrons. The van der Waals surface area contributed by atoms with Crippen molar-refractivity contribution in [1.82, 2.24) is 0 Å². The van der Waals surface area contributed by atoms with E-state index in [0.29, 0.717) is 0 Å². The van der Waals surface area contributed by atoms with Crippen molar-refractivity contribution in [1.29, 1.82) is 0 Å². The smallest absolute Gasteiger partial charge is 0.320 e. The van der Waals surface area contributed by atoms with Gasteiger partial charge in [0, 0.05) is 13.0 Å². The quantitative estimate of drug-likeness (QED) is 0.431. The Morgan fingerprint density at radius 3 is 2.36 bits per heavy atom. The first kappa shape index (κ1) is 12.7. The highest BCUT2D eigenvalue weighted by Crippen LogP contribution is 2.05. The van der Waals surface area contributed by atoms with Crippen molar-refractivity contribution in [3.05, 3.63) is 0 Å². The molecule has 0 aromatic carbocycles. The molecule has 0 aliphatic heterocycles. The second-order valence-corrected chi connectivity index (χ2v) is 2.80. The van der Waals surface area contributed by atoms with Crippen LogP contribution in [0, 0.1) is 5.92 Å². The number of hydrogen-bond acceptors (Lipinski definition) is 5. The van der Waals surface area contributed by atoms with Crippen LogP contribution in [-0.2, 0) is 14.4 Å². The Balaban J connectivity index is 4.16. The first-order chi connectivity index (χ1) is 6.52. The van der Waals surface area contributed by atoms with Crippen molar-refractivity contribution in [3.8, 4) is 0 Å². The Labute approximate surface area is 80.7 Å². The van der Waals surface area contributed by atoms with E-state index in [4.69, 9.17) is 15.9 Å². The zero-order chi connectivity index (χ0) is 11.1. The molecule has 0 spiro atoms. The summed E-state index contributed by atoms with van der Waals surface area (Å²) in [5.41, 5.74) is 5.09. The number of carbonyl (C=O) groups excluding carboxylic acids is 2. The van der Waals surface area contributed by atoms with Crippen LogP contribution in [0.5, 0.6) is 0 Å². The largest absolute Gasteiger partial charge is 0.480 e. The van der Waals surface area contributed by atoms with E-state index in [-0.39, 0.29) is 13.0 Å². The Morgan fingerprint density at radius 1 is 1.43 bits per heavy atom. The first-order valence-electron chi connectivity index (χ1n) is 4.02. The van der Waals surface area contributed by atoms with Crippen molar-refractivity contribution in [3.63, 3.8) is 0 Å². The zero-order valence-corrected chi connectivity index (χ0v) is 7.47. The third-order valence-electron chi connectivity index (χ3n) is 1.69. The maximum absolute atomic E-state index is 11.2. The molecule has 2 atom stereocenters. The number of nitrogens with two attached hydrogens (primary N) is 1. The van der Waals surface area contributed by atoms with E-state index in [1.165, 1.54) is 6.29 Å². The molecule has 0 rings (SSSR count). The van der Waals surface area contributed by atoms with Crippen LogP contribution < -0.4 is 5.73 Å². The van der Waals surface area contributed by atoms with Crippen LogP contribution in [0.25, 0.3) is 0 Å². The van der Waals surface area contributed by atoms with Gasteiger partial charge in [0.1, 0.15) is 11.8 Å². The van der Waals surface area contributed by atoms with Crippen molar-refractivity contribution in [2.45, 2.75) is 18.9 Å². The fourth-order valence-electron chi connectivity index (χ4n) is 0.861. The highest BCUT2D eigenvalue weighted by atomic mass is 16.4. The summed E-state index contributed by atoms with van der Waals surface area (Å²) in [5, 5.41) is 16.9. The highest BCUT2D eigenvalue weighted by molar-refractivity contribution is 5.95. The fraction of sp³-hybridized carbons (Fsp3) is 0.625. The van der Waals surface area contributed by atoms with Crippen LogP contribution >= 0.6 is 0 Å². The van der Waals surface area contributed by atoms with Crippen molar-refractivity contribution in [2.75, 3.05) is 6.61 Å². The summed E-state index contributed by atoms with van der Waals surface area (Å²) in [6.07, 6.45) is 0.971. The Hall–Kier alpha value is -1.27. The number of hydrogen-bond donors (Lipinski definition) is 3. The van der Waals surface area contributed by atoms with Gasteiger partial charge in [-0.3, -0.25) is 14.4 Å². The topological polar surface area (TPSA) is 118 Å². The third-order valence-corrected chi connectivity index (χ3v) is 1.69. The Bertz CT molecular complexity index is 228. The molecule has 0 amide bonds. The molecule has 6 nitrogen and oxygen atoms in total. The number of Topliss-reactive ketones (excluding diaryl/α,β-unsaturated/α-hetero) is 1. The summed E-state index contributed by atoms with van der Waals surface area (Å²) in [5.74, 6) is -2.98. The number of aliphatic hydroxyl groups excluding tert-OH is 1. The molecule has 0 aliphatic carbocycles. The number of aliphatic carboxylic acids is 1. The monoisotopic (exact) mass is 202 g/mol. The van der Waals surface area contributed by atoms with Crippen LogP contribution in [0.2, 0.25) is 0 Å². The van der Waals surface area contributed by atoms with Crippen LogP contribution in [-0.4, -0.2) is 40.9 Å². The predicted octanol–water partition coefficient (Wildman–Crippen LogP) is -1.53. The van der Waals surface area contributed by atoms with Gasteiger partial charge in [0.2, 0.25) is 6.29 Å². The van der Waals surface area contributed by atoms with Gasteiger partial charge in [-0.25, -0.2) is 0 Å². The van der Waals surface area contributed by atoms with E-state index in [2.05, 4.69) is 0 Å². The molecule has 14 heavy (non-hydrogen) atoms. The summed E-state index contributed by atoms with van der Waals surface area (Å²) >= 11 is 0. The minimum atomic E-state index is -1.31. The molecule has 0 aromatic rings. The lowest BCUT2D eigenvalue weighted by molar-refractivity contribution is -0.140. The van der Waals surface area contributed by atoms with Gasteiger partial charge in [-0.1, -0.05) is 0 Å². The molecule has 0 saturated carbocycles. The van der Waals surface area contributed by atoms with Gasteiger partial charge in [0.05, 0.1) is 5.92 Å². The first-order valence-corrected chi connectivity index (χ1v) is 4.02. The normalized spacial score (nSPS) is 14.4. The van der Waals surface area contributed by atoms with E-state index in [9.17, 15) is 14.4 Å². The van der Waals surface area contributed by atoms with Crippen LogP contribution in [0.15, 0.2) is 0 Å². The van der Waals surface area contributed by atoms with E-state index in [1.54, 1.807) is 0 Å². The lowest BCUT2D eigenvalue weighted by Gasteiger charge is -2.08. The summed E-state index contributed by atoms with van der Waals surface area (Å²) in [7, 11) is 0. The molecule has 6 heteroatoms. The lowest BCUT2D eigenvalue weighted by Crippen LogP contribution is -2.34. The molecule has 0 fully saturated rings. The maximum atomic E-state index is 11.2. The summed E-state index contributed by atoms with van der Waals surface area (Å²) in [6, 6.07) is -1.31. The molecule has 0 bridgehead atoms. The molecule has 1 radical (unpaired) electrons. The minimum absolute atomic E-state index is 0.0470. The average molecular weight is 202 g/mol. The van der Waals surface area contributed by atoms with E-state index in [1.807, 2.05) is 0 Å². The molecular weight excluding hydrogens is 190 g/mol. The van der Waals surface area contributed by atoms with Crippen LogP contribution in [0.1, 0.15) is 12.8 Å². The van der Waals surface area contributed by atoms with Gasteiger partial charge in [-0.15, -0.1) is 0 Å². The zero-order valence-electron chi connectivity index (χ0n) is 7.47. The summed E-state index contributed by atoms with van der Waals surface area (Å²) < 4.78 is 0. The van der Waals surface area contributed by atoms with Gasteiger partial charge in [-0.2, -0.15) is 0 Å². The van der Waals surface area contributed by atoms with Crippen molar-refractivity contribution < 1.29 is 24.6 Å². The SMILES string of the molecule is N[C@@H](CC(=O)C([C]=O)CCO)C(=O)O. The molecular formula is C8H12NO5. The van der Waals surface area contributed by atoms with Gasteiger partial charge >= 0.3 is 5.97 Å². The highest BCUT2D eigenvalue weighted by Gasteiger charge is 2.23. The fourth-order valence-corrected chi connectivity index (χ4v) is 0.861. The second kappa shape index (κ2) is 6.22. The number of rotatable bonds is 7. The minimum Gasteiger partial charge on any atom is -0.480 e. The molecule has 0 aliphatic rings. The number of carbonyl (C=O) groups is 2. The van der Waals surface area contributed by atoms with Gasteiger partial charge in [0.15, 0.2) is 0 Å². The Morgan fingerprint density at radius 2 is 2.00 bits per heavy atom. The predicted molar refractivity (Wildman–Crippen MR) is 46.1 cm³/mol. The molecule has 0 aromatic heterocycles. The standard InChI is InChI=1S/C8H12NO5/c9-6(8(13)14)3-7(12)5(4-11)1-2-10/h5-6,10H,1-3,9H2,(H,13,14)/t5?,6-/m0/s1. The number of ketones is 1.